The summed E-state index contributed by atoms with van der Waals surface area (Å²) < 4.78 is 23.6. The summed E-state index contributed by atoms with van der Waals surface area (Å²) in [4.78, 5) is 14.7. The van der Waals surface area contributed by atoms with Crippen LogP contribution in [0.5, 0.6) is 0 Å². The first kappa shape index (κ1) is 17.1. The summed E-state index contributed by atoms with van der Waals surface area (Å²) in [5.41, 5.74) is 0. The van der Waals surface area contributed by atoms with Gasteiger partial charge in [-0.2, -0.15) is 0 Å². The summed E-state index contributed by atoms with van der Waals surface area (Å²) in [6, 6.07) is 0.464. The van der Waals surface area contributed by atoms with Crippen LogP contribution in [0, 0.1) is 5.92 Å². The highest BCUT2D eigenvalue weighted by Crippen LogP contribution is 2.35. The molecule has 3 fully saturated rings. The first-order valence-corrected chi connectivity index (χ1v) is 11.2. The van der Waals surface area contributed by atoms with Gasteiger partial charge < -0.3 is 10.2 Å². The van der Waals surface area contributed by atoms with Crippen LogP contribution in [0.2, 0.25) is 0 Å². The Morgan fingerprint density at radius 2 is 1.74 bits per heavy atom. The predicted molar refractivity (Wildman–Crippen MR) is 91.1 cm³/mol. The summed E-state index contributed by atoms with van der Waals surface area (Å²) in [5.74, 6) is 0.679. The number of nitrogens with one attached hydrogen (secondary N) is 1. The summed E-state index contributed by atoms with van der Waals surface area (Å²) in [6.07, 6.45) is 11.8. The van der Waals surface area contributed by atoms with E-state index in [1.807, 2.05) is 4.90 Å². The molecule has 0 spiro atoms. The lowest BCUT2D eigenvalue weighted by atomic mass is 9.94. The molecule has 2 amide bonds. The average molecular weight is 343 g/mol. The van der Waals surface area contributed by atoms with Crippen LogP contribution in [0.3, 0.4) is 0 Å². The molecule has 1 heterocycles. The van der Waals surface area contributed by atoms with Crippen molar-refractivity contribution in [2.45, 2.75) is 81.5 Å². The van der Waals surface area contributed by atoms with E-state index in [1.54, 1.807) is 0 Å². The van der Waals surface area contributed by atoms with E-state index in [0.29, 0.717) is 18.4 Å². The van der Waals surface area contributed by atoms with Gasteiger partial charge in [0.1, 0.15) is 9.84 Å². The SMILES string of the molecule is CS(=O)(=O)[C@@H]1CCC[C@@H](NC(=O)N2CCC[C@H]2C2CCCC2)C1. The van der Waals surface area contributed by atoms with Crippen LogP contribution in [0.25, 0.3) is 0 Å². The fourth-order valence-electron chi connectivity index (χ4n) is 4.80. The standard InChI is InChI=1S/C17H30N2O3S/c1-23(21,22)15-9-4-8-14(12-15)18-17(20)19-11-5-10-16(19)13-6-2-3-7-13/h13-16H,2-12H2,1H3,(H,18,20)/t14-,15-,16+/m1/s1. The van der Waals surface area contributed by atoms with Gasteiger partial charge in [-0.3, -0.25) is 0 Å². The van der Waals surface area contributed by atoms with Crippen LogP contribution < -0.4 is 5.32 Å². The van der Waals surface area contributed by atoms with E-state index in [-0.39, 0.29) is 17.3 Å². The summed E-state index contributed by atoms with van der Waals surface area (Å²) in [6.45, 7) is 0.856. The number of sulfone groups is 1. The van der Waals surface area contributed by atoms with E-state index >= 15 is 0 Å². The quantitative estimate of drug-likeness (QED) is 0.857. The maximum Gasteiger partial charge on any atom is 0.317 e. The highest BCUT2D eigenvalue weighted by molar-refractivity contribution is 7.91. The zero-order valence-corrected chi connectivity index (χ0v) is 15.0. The summed E-state index contributed by atoms with van der Waals surface area (Å²) >= 11 is 0. The first-order chi connectivity index (χ1) is 10.9. The Bertz CT molecular complexity index is 528. The third-order valence-corrected chi connectivity index (χ3v) is 7.70. The van der Waals surface area contributed by atoms with Gasteiger partial charge >= 0.3 is 6.03 Å². The number of likely N-dealkylation sites (tertiary alicyclic amines) is 1. The van der Waals surface area contributed by atoms with Crippen LogP contribution in [0.4, 0.5) is 4.79 Å². The number of urea groups is 1. The van der Waals surface area contributed by atoms with E-state index in [2.05, 4.69) is 5.32 Å². The second-order valence-corrected chi connectivity index (χ2v) is 10.0. The number of hydrogen-bond acceptors (Lipinski definition) is 3. The third-order valence-electron chi connectivity index (χ3n) is 6.06. The van der Waals surface area contributed by atoms with Gasteiger partial charge in [0.15, 0.2) is 0 Å². The topological polar surface area (TPSA) is 66.5 Å². The van der Waals surface area contributed by atoms with Gasteiger partial charge in [-0.15, -0.1) is 0 Å². The van der Waals surface area contributed by atoms with Crippen LogP contribution in [-0.4, -0.2) is 49.5 Å². The fourth-order valence-corrected chi connectivity index (χ4v) is 5.98. The van der Waals surface area contributed by atoms with Crippen LogP contribution >= 0.6 is 0 Å². The fraction of sp³-hybridized carbons (Fsp3) is 0.941. The van der Waals surface area contributed by atoms with Gasteiger partial charge in [0.2, 0.25) is 0 Å². The van der Waals surface area contributed by atoms with Crippen LogP contribution in [0.15, 0.2) is 0 Å². The monoisotopic (exact) mass is 342 g/mol. The minimum absolute atomic E-state index is 0.0146. The number of carbonyl (C=O) groups excluding carboxylic acids is 1. The van der Waals surface area contributed by atoms with Crippen molar-refractivity contribution in [2.75, 3.05) is 12.8 Å². The molecule has 2 saturated carbocycles. The molecule has 1 saturated heterocycles. The van der Waals surface area contributed by atoms with Crippen molar-refractivity contribution in [2.24, 2.45) is 5.92 Å². The second-order valence-electron chi connectivity index (χ2n) is 7.71. The van der Waals surface area contributed by atoms with E-state index in [4.69, 9.17) is 0 Å². The normalized spacial score (nSPS) is 33.1. The Morgan fingerprint density at radius 1 is 1.00 bits per heavy atom. The van der Waals surface area contributed by atoms with Gasteiger partial charge in [0.05, 0.1) is 5.25 Å². The van der Waals surface area contributed by atoms with Crippen molar-refractivity contribution < 1.29 is 13.2 Å². The zero-order chi connectivity index (χ0) is 16.4. The van der Waals surface area contributed by atoms with E-state index in [0.717, 1.165) is 38.6 Å². The molecule has 0 aromatic carbocycles. The molecule has 0 aromatic heterocycles. The molecular formula is C17H30N2O3S. The lowest BCUT2D eigenvalue weighted by molar-refractivity contribution is 0.166. The third kappa shape index (κ3) is 4.01. The molecule has 1 aliphatic heterocycles. The van der Waals surface area contributed by atoms with E-state index < -0.39 is 9.84 Å². The number of rotatable bonds is 3. The molecule has 0 radical (unpaired) electrons. The lowest BCUT2D eigenvalue weighted by Crippen LogP contribution is -2.50. The largest absolute Gasteiger partial charge is 0.335 e. The van der Waals surface area contributed by atoms with Crippen molar-refractivity contribution in [1.29, 1.82) is 0 Å². The number of hydrogen-bond donors (Lipinski definition) is 1. The molecule has 3 aliphatic rings. The van der Waals surface area contributed by atoms with Crippen molar-refractivity contribution in [3.63, 3.8) is 0 Å². The molecule has 1 N–H and O–H groups in total. The van der Waals surface area contributed by atoms with Gasteiger partial charge in [-0.25, -0.2) is 13.2 Å². The predicted octanol–water partition coefficient (Wildman–Crippen LogP) is 2.71. The maximum atomic E-state index is 12.7. The Labute approximate surface area is 140 Å². The Hall–Kier alpha value is -0.780. The summed E-state index contributed by atoms with van der Waals surface area (Å²) in [5, 5.41) is 2.85. The molecule has 3 atom stereocenters. The van der Waals surface area contributed by atoms with E-state index in [1.165, 1.54) is 31.9 Å². The van der Waals surface area contributed by atoms with Crippen LogP contribution in [-0.2, 0) is 9.84 Å². The van der Waals surface area contributed by atoms with Crippen LogP contribution in [0.1, 0.15) is 64.2 Å². The molecule has 6 heteroatoms. The maximum absolute atomic E-state index is 12.7. The first-order valence-electron chi connectivity index (χ1n) is 9.21. The Balaban J connectivity index is 1.57. The molecule has 0 unspecified atom stereocenters. The number of nitrogens with zero attached hydrogens (tertiary/aromatic N) is 1. The minimum atomic E-state index is -3.00. The Morgan fingerprint density at radius 3 is 2.43 bits per heavy atom. The zero-order valence-electron chi connectivity index (χ0n) is 14.2. The molecular weight excluding hydrogens is 312 g/mol. The number of amides is 2. The molecule has 3 rings (SSSR count). The molecule has 0 aromatic rings. The van der Waals surface area contributed by atoms with E-state index in [9.17, 15) is 13.2 Å². The molecule has 132 valence electrons. The van der Waals surface area contributed by atoms with Gasteiger partial charge in [0, 0.05) is 24.9 Å². The lowest BCUT2D eigenvalue weighted by Gasteiger charge is -2.33. The van der Waals surface area contributed by atoms with Crippen molar-refractivity contribution in [3.8, 4) is 0 Å². The highest BCUT2D eigenvalue weighted by atomic mass is 32.2. The molecule has 2 aliphatic carbocycles. The average Bonchev–Trinajstić information content (AvgIpc) is 3.17. The van der Waals surface area contributed by atoms with Crippen molar-refractivity contribution in [1.82, 2.24) is 10.2 Å². The number of carbonyl (C=O) groups is 1. The van der Waals surface area contributed by atoms with Crippen molar-refractivity contribution in [3.05, 3.63) is 0 Å². The smallest absolute Gasteiger partial charge is 0.317 e. The molecule has 23 heavy (non-hydrogen) atoms. The highest BCUT2D eigenvalue weighted by Gasteiger charge is 2.37. The molecule has 0 bridgehead atoms. The second kappa shape index (κ2) is 6.99. The Kier molecular flexibility index (Phi) is 5.19. The van der Waals surface area contributed by atoms with Gasteiger partial charge in [-0.05, 0) is 50.9 Å². The van der Waals surface area contributed by atoms with Gasteiger partial charge in [0.25, 0.3) is 0 Å². The molecule has 5 nitrogen and oxygen atoms in total. The van der Waals surface area contributed by atoms with Crippen molar-refractivity contribution >= 4 is 15.9 Å². The summed E-state index contributed by atoms with van der Waals surface area (Å²) in [7, 11) is -3.00. The van der Waals surface area contributed by atoms with Gasteiger partial charge in [-0.1, -0.05) is 19.3 Å². The minimum Gasteiger partial charge on any atom is -0.335 e.